The van der Waals surface area contributed by atoms with E-state index in [9.17, 15) is 18.3 Å². The quantitative estimate of drug-likeness (QED) is 0.728. The van der Waals surface area contributed by atoms with Gasteiger partial charge in [0.15, 0.2) is 11.4 Å². The highest BCUT2D eigenvalue weighted by atomic mass is 32.2. The zero-order chi connectivity index (χ0) is 23.4. The van der Waals surface area contributed by atoms with Crippen molar-refractivity contribution in [1.82, 2.24) is 4.90 Å². The number of hydrogen-bond acceptors (Lipinski definition) is 5. The number of likely N-dealkylation sites (tertiary alicyclic amines) is 1. The van der Waals surface area contributed by atoms with Crippen molar-refractivity contribution in [3.63, 3.8) is 0 Å². The van der Waals surface area contributed by atoms with Crippen LogP contribution in [-0.2, 0) is 21.2 Å². The molecule has 174 valence electrons. The number of fused-ring (bicyclic) bond motifs is 2. The van der Waals surface area contributed by atoms with Gasteiger partial charge in [-0.1, -0.05) is 18.2 Å². The minimum absolute atomic E-state index is 0.0666. The molecule has 0 unspecified atom stereocenters. The number of sulfonamides is 1. The number of para-hydroxylation sites is 1. The van der Waals surface area contributed by atoms with Gasteiger partial charge in [0.25, 0.3) is 10.0 Å². The lowest BCUT2D eigenvalue weighted by molar-refractivity contribution is -0.129. The number of aliphatic hydroxyl groups is 1. The summed E-state index contributed by atoms with van der Waals surface area (Å²) in [7, 11) is -3.85. The number of piperidine rings is 1. The molecule has 5 rings (SSSR count). The fourth-order valence-electron chi connectivity index (χ4n) is 4.87. The van der Waals surface area contributed by atoms with Crippen LogP contribution in [0.1, 0.15) is 50.7 Å². The average molecular weight is 469 g/mol. The lowest BCUT2D eigenvalue weighted by Crippen LogP contribution is -2.42. The predicted molar refractivity (Wildman–Crippen MR) is 126 cm³/mol. The first kappa shape index (κ1) is 21.8. The summed E-state index contributed by atoms with van der Waals surface area (Å²) in [6.07, 6.45) is 3.61. The van der Waals surface area contributed by atoms with Crippen LogP contribution in [0, 0.1) is 0 Å². The standard InChI is InChI=1S/C25H28N2O5S/c1-25(2)24(29)23(26-14-6-5-11-22(26)28)19-16-18(12-13-21(19)32-25)33(30,31)27-15-7-9-17-8-3-4-10-20(17)27/h3-4,8,10,12-13,16,29H,5-7,9,11,14-15H2,1-2H3. The van der Waals surface area contributed by atoms with E-state index in [-0.39, 0.29) is 16.6 Å². The van der Waals surface area contributed by atoms with Crippen LogP contribution in [0.15, 0.2) is 53.1 Å². The maximum absolute atomic E-state index is 13.7. The van der Waals surface area contributed by atoms with Crippen molar-refractivity contribution in [2.24, 2.45) is 0 Å². The summed E-state index contributed by atoms with van der Waals surface area (Å²) in [5.74, 6) is 0.303. The minimum atomic E-state index is -3.85. The summed E-state index contributed by atoms with van der Waals surface area (Å²) < 4.78 is 34.9. The third-order valence-electron chi connectivity index (χ3n) is 6.61. The molecule has 0 spiro atoms. The fraction of sp³-hybridized carbons (Fsp3) is 0.400. The third-order valence-corrected chi connectivity index (χ3v) is 8.42. The molecule has 3 aliphatic rings. The van der Waals surface area contributed by atoms with Crippen LogP contribution in [0.25, 0.3) is 5.70 Å². The lowest BCUT2D eigenvalue weighted by atomic mass is 9.94. The van der Waals surface area contributed by atoms with Gasteiger partial charge in [-0.3, -0.25) is 9.10 Å². The fourth-order valence-corrected chi connectivity index (χ4v) is 6.44. The van der Waals surface area contributed by atoms with E-state index in [1.807, 2.05) is 24.3 Å². The maximum atomic E-state index is 13.7. The van der Waals surface area contributed by atoms with E-state index in [4.69, 9.17) is 4.74 Å². The second-order valence-electron chi connectivity index (χ2n) is 9.28. The summed E-state index contributed by atoms with van der Waals surface area (Å²) >= 11 is 0. The number of carbonyl (C=O) groups excluding carboxylic acids is 1. The molecule has 0 aromatic heterocycles. The molecule has 1 N–H and O–H groups in total. The van der Waals surface area contributed by atoms with Gasteiger partial charge >= 0.3 is 0 Å². The number of aliphatic hydroxyl groups excluding tert-OH is 1. The number of nitrogens with zero attached hydrogens (tertiary/aromatic N) is 2. The van der Waals surface area contributed by atoms with E-state index in [1.165, 1.54) is 10.4 Å². The van der Waals surface area contributed by atoms with E-state index < -0.39 is 15.6 Å². The minimum Gasteiger partial charge on any atom is -0.506 e. The molecule has 1 saturated heterocycles. The number of benzene rings is 2. The molecule has 1 fully saturated rings. The largest absolute Gasteiger partial charge is 0.506 e. The van der Waals surface area contributed by atoms with Crippen molar-refractivity contribution in [2.45, 2.75) is 56.4 Å². The Morgan fingerprint density at radius 1 is 1.00 bits per heavy atom. The Bertz CT molecular complexity index is 1270. The van der Waals surface area contributed by atoms with Gasteiger partial charge in [-0.15, -0.1) is 0 Å². The number of anilines is 1. The molecule has 2 aromatic carbocycles. The molecule has 3 aliphatic heterocycles. The van der Waals surface area contributed by atoms with Crippen molar-refractivity contribution in [3.05, 3.63) is 59.4 Å². The number of ether oxygens (including phenoxy) is 1. The van der Waals surface area contributed by atoms with Crippen LogP contribution in [0.3, 0.4) is 0 Å². The summed E-state index contributed by atoms with van der Waals surface area (Å²) in [5.41, 5.74) is 1.44. The Morgan fingerprint density at radius 2 is 1.79 bits per heavy atom. The van der Waals surface area contributed by atoms with Crippen LogP contribution in [-0.4, -0.2) is 43.0 Å². The third kappa shape index (κ3) is 3.57. The maximum Gasteiger partial charge on any atom is 0.264 e. The molecule has 7 nitrogen and oxygen atoms in total. The van der Waals surface area contributed by atoms with Gasteiger partial charge in [0.2, 0.25) is 5.91 Å². The van der Waals surface area contributed by atoms with Gasteiger partial charge in [0, 0.05) is 25.1 Å². The van der Waals surface area contributed by atoms with Crippen molar-refractivity contribution in [1.29, 1.82) is 0 Å². The lowest BCUT2D eigenvalue weighted by Gasteiger charge is -2.39. The molecule has 0 saturated carbocycles. The zero-order valence-electron chi connectivity index (χ0n) is 18.9. The summed E-state index contributed by atoms with van der Waals surface area (Å²) in [4.78, 5) is 14.4. The Labute approximate surface area is 194 Å². The van der Waals surface area contributed by atoms with Crippen molar-refractivity contribution in [3.8, 4) is 5.75 Å². The van der Waals surface area contributed by atoms with Gasteiger partial charge in [0.05, 0.1) is 16.3 Å². The molecule has 3 heterocycles. The van der Waals surface area contributed by atoms with E-state index in [0.717, 1.165) is 31.2 Å². The van der Waals surface area contributed by atoms with Crippen LogP contribution in [0.2, 0.25) is 0 Å². The molecule has 2 aromatic rings. The number of aryl methyl sites for hydroxylation is 1. The molecule has 0 aliphatic carbocycles. The van der Waals surface area contributed by atoms with Crippen LogP contribution < -0.4 is 9.04 Å². The highest BCUT2D eigenvalue weighted by Gasteiger charge is 2.40. The van der Waals surface area contributed by atoms with Crippen molar-refractivity contribution in [2.75, 3.05) is 17.4 Å². The molecular weight excluding hydrogens is 440 g/mol. The highest BCUT2D eigenvalue weighted by Crippen LogP contribution is 2.44. The molecule has 0 radical (unpaired) electrons. The zero-order valence-corrected chi connectivity index (χ0v) is 19.7. The first-order valence-electron chi connectivity index (χ1n) is 11.4. The highest BCUT2D eigenvalue weighted by molar-refractivity contribution is 7.92. The van der Waals surface area contributed by atoms with E-state index in [0.29, 0.717) is 42.2 Å². The second kappa shape index (κ2) is 7.80. The molecule has 0 atom stereocenters. The first-order valence-corrected chi connectivity index (χ1v) is 12.8. The van der Waals surface area contributed by atoms with Crippen LogP contribution in [0.4, 0.5) is 5.69 Å². The Morgan fingerprint density at radius 3 is 2.58 bits per heavy atom. The SMILES string of the molecule is CC1(C)Oc2ccc(S(=O)(=O)N3CCCc4ccccc43)cc2C(N2CCCCC2=O)=C1O. The number of carbonyl (C=O) groups is 1. The second-order valence-corrected chi connectivity index (χ2v) is 11.1. The average Bonchev–Trinajstić information content (AvgIpc) is 2.80. The van der Waals surface area contributed by atoms with Gasteiger partial charge in [-0.25, -0.2) is 8.42 Å². The Kier molecular flexibility index (Phi) is 5.16. The number of rotatable bonds is 3. The first-order chi connectivity index (χ1) is 15.7. The normalized spacial score (nSPS) is 20.2. The number of amides is 1. The van der Waals surface area contributed by atoms with E-state index in [2.05, 4.69) is 0 Å². The summed E-state index contributed by atoms with van der Waals surface area (Å²) in [5, 5.41) is 11.1. The van der Waals surface area contributed by atoms with E-state index >= 15 is 0 Å². The molecular formula is C25H28N2O5S. The predicted octanol–water partition coefficient (Wildman–Crippen LogP) is 4.24. The van der Waals surface area contributed by atoms with Gasteiger partial charge in [-0.05, 0) is 69.4 Å². The van der Waals surface area contributed by atoms with Crippen LogP contribution in [0.5, 0.6) is 5.75 Å². The van der Waals surface area contributed by atoms with Crippen LogP contribution >= 0.6 is 0 Å². The molecule has 0 bridgehead atoms. The summed E-state index contributed by atoms with van der Waals surface area (Å²) in [6.45, 7) is 4.34. The monoisotopic (exact) mass is 468 g/mol. The number of hydrogen-bond donors (Lipinski definition) is 1. The van der Waals surface area contributed by atoms with Crippen molar-refractivity contribution >= 4 is 27.3 Å². The summed E-state index contributed by atoms with van der Waals surface area (Å²) in [6, 6.07) is 12.3. The molecule has 1 amide bonds. The molecule has 8 heteroatoms. The van der Waals surface area contributed by atoms with E-state index in [1.54, 1.807) is 30.9 Å². The Balaban J connectivity index is 1.63. The van der Waals surface area contributed by atoms with Crippen molar-refractivity contribution < 1.29 is 23.1 Å². The smallest absolute Gasteiger partial charge is 0.264 e. The van der Waals surface area contributed by atoms with Gasteiger partial charge < -0.3 is 14.7 Å². The van der Waals surface area contributed by atoms with Gasteiger partial charge in [0.1, 0.15) is 5.75 Å². The Hall–Kier alpha value is -3.00. The topological polar surface area (TPSA) is 87.2 Å². The van der Waals surface area contributed by atoms with Gasteiger partial charge in [-0.2, -0.15) is 0 Å². The molecule has 33 heavy (non-hydrogen) atoms.